The molecule has 1 heterocycles. The number of carbonyl (C=O) groups excluding carboxylic acids is 1. The van der Waals surface area contributed by atoms with Gasteiger partial charge in [0.05, 0.1) is 32.9 Å². The number of carbonyl (C=O) groups is 1. The van der Waals surface area contributed by atoms with Crippen LogP contribution in [0.5, 0.6) is 0 Å². The van der Waals surface area contributed by atoms with Gasteiger partial charge in [-0.05, 0) is 44.7 Å². The number of fused-ring (bicyclic) bond motifs is 1. The number of amides is 1. The van der Waals surface area contributed by atoms with Crippen LogP contribution < -0.4 is 15.9 Å². The summed E-state index contributed by atoms with van der Waals surface area (Å²) in [7, 11) is 4.17. The molecule has 6 nitrogen and oxygen atoms in total. The average Bonchev–Trinajstić information content (AvgIpc) is 2.67. The Morgan fingerprint density at radius 1 is 1.21 bits per heavy atom. The standard InChI is InChI=1S/C21H28N4O2S/c1-15-8-10-16(11-9-15)22-19(26)14-28-20-17-6-4-5-7-18(17)25(21(27)23-20)13-12-24(2)3/h8-11H,4-7,12-14H2,1-3H3,(H,22,26)/p+1. The van der Waals surface area contributed by atoms with Crippen molar-refractivity contribution in [3.05, 3.63) is 51.6 Å². The number of nitrogens with zero attached hydrogens (tertiary/aromatic N) is 2. The van der Waals surface area contributed by atoms with Crippen molar-refractivity contribution in [3.63, 3.8) is 0 Å². The lowest BCUT2D eigenvalue weighted by Gasteiger charge is -2.23. The Labute approximate surface area is 170 Å². The normalized spacial score (nSPS) is 13.4. The van der Waals surface area contributed by atoms with Crippen LogP contribution >= 0.6 is 11.8 Å². The van der Waals surface area contributed by atoms with E-state index in [4.69, 9.17) is 0 Å². The zero-order valence-electron chi connectivity index (χ0n) is 16.9. The van der Waals surface area contributed by atoms with Crippen LogP contribution in [-0.4, -0.2) is 41.9 Å². The maximum absolute atomic E-state index is 12.6. The number of aryl methyl sites for hydroxylation is 1. The predicted molar refractivity (Wildman–Crippen MR) is 113 cm³/mol. The van der Waals surface area contributed by atoms with Gasteiger partial charge in [0.1, 0.15) is 5.03 Å². The highest BCUT2D eigenvalue weighted by Gasteiger charge is 2.21. The quantitative estimate of drug-likeness (QED) is 0.542. The molecule has 0 bridgehead atoms. The zero-order chi connectivity index (χ0) is 20.1. The summed E-state index contributed by atoms with van der Waals surface area (Å²) in [4.78, 5) is 30.6. The van der Waals surface area contributed by atoms with Crippen molar-refractivity contribution >= 4 is 23.4 Å². The third-order valence-corrected chi connectivity index (χ3v) is 5.98. The fraction of sp³-hybridized carbons (Fsp3) is 0.476. The van der Waals surface area contributed by atoms with Crippen molar-refractivity contribution in [2.45, 2.75) is 44.2 Å². The van der Waals surface area contributed by atoms with E-state index >= 15 is 0 Å². The van der Waals surface area contributed by atoms with Gasteiger partial charge in [0.25, 0.3) is 0 Å². The number of quaternary nitrogens is 1. The molecule has 0 unspecified atom stereocenters. The number of likely N-dealkylation sites (N-methyl/N-ethyl adjacent to an activating group) is 1. The molecule has 0 spiro atoms. The molecule has 0 radical (unpaired) electrons. The number of aromatic nitrogens is 2. The molecule has 1 aromatic carbocycles. The smallest absolute Gasteiger partial charge is 0.338 e. The van der Waals surface area contributed by atoms with Crippen LogP contribution in [0.1, 0.15) is 29.7 Å². The van der Waals surface area contributed by atoms with E-state index in [1.807, 2.05) is 35.8 Å². The van der Waals surface area contributed by atoms with Crippen LogP contribution in [0.2, 0.25) is 0 Å². The molecule has 2 N–H and O–H groups in total. The monoisotopic (exact) mass is 401 g/mol. The second kappa shape index (κ2) is 9.39. The molecule has 150 valence electrons. The van der Waals surface area contributed by atoms with Crippen molar-refractivity contribution in [1.29, 1.82) is 0 Å². The molecule has 2 aromatic rings. The first kappa shape index (κ1) is 20.6. The van der Waals surface area contributed by atoms with Crippen LogP contribution in [-0.2, 0) is 24.2 Å². The van der Waals surface area contributed by atoms with Gasteiger partial charge >= 0.3 is 5.69 Å². The Morgan fingerprint density at radius 2 is 1.93 bits per heavy atom. The molecule has 0 saturated carbocycles. The SMILES string of the molecule is Cc1ccc(NC(=O)CSc2nc(=O)n(CC[NH+](C)C)c3c2CCCC3)cc1. The summed E-state index contributed by atoms with van der Waals surface area (Å²) >= 11 is 1.37. The summed E-state index contributed by atoms with van der Waals surface area (Å²) in [5.41, 5.74) is 4.03. The first-order valence-corrected chi connectivity index (χ1v) is 10.8. The summed E-state index contributed by atoms with van der Waals surface area (Å²) in [5, 5.41) is 3.63. The lowest BCUT2D eigenvalue weighted by Crippen LogP contribution is -3.06. The summed E-state index contributed by atoms with van der Waals surface area (Å²) in [6.45, 7) is 3.59. The van der Waals surface area contributed by atoms with Crippen molar-refractivity contribution in [2.75, 3.05) is 31.7 Å². The highest BCUT2D eigenvalue weighted by molar-refractivity contribution is 8.00. The van der Waals surface area contributed by atoms with E-state index in [9.17, 15) is 9.59 Å². The van der Waals surface area contributed by atoms with Gasteiger partial charge < -0.3 is 10.2 Å². The molecule has 1 aromatic heterocycles. The number of thioether (sulfide) groups is 1. The second-order valence-corrected chi connectivity index (χ2v) is 8.61. The number of anilines is 1. The number of benzene rings is 1. The Hall–Kier alpha value is -2.12. The molecule has 1 amide bonds. The highest BCUT2D eigenvalue weighted by Crippen LogP contribution is 2.28. The summed E-state index contributed by atoms with van der Waals surface area (Å²) in [5.74, 6) is 0.166. The van der Waals surface area contributed by atoms with Crippen LogP contribution in [0.25, 0.3) is 0 Å². The Balaban J connectivity index is 1.73. The van der Waals surface area contributed by atoms with E-state index in [1.54, 1.807) is 0 Å². The van der Waals surface area contributed by atoms with Gasteiger partial charge in [0, 0.05) is 16.9 Å². The van der Waals surface area contributed by atoms with E-state index in [2.05, 4.69) is 24.4 Å². The number of hydrogen-bond acceptors (Lipinski definition) is 4. The molecule has 7 heteroatoms. The second-order valence-electron chi connectivity index (χ2n) is 7.64. The minimum absolute atomic E-state index is 0.0828. The third kappa shape index (κ3) is 5.23. The lowest BCUT2D eigenvalue weighted by atomic mass is 9.97. The van der Waals surface area contributed by atoms with Gasteiger partial charge in [0.15, 0.2) is 0 Å². The number of rotatable bonds is 7. The van der Waals surface area contributed by atoms with Crippen LogP contribution in [0.15, 0.2) is 34.1 Å². The maximum atomic E-state index is 12.6. The van der Waals surface area contributed by atoms with Crippen LogP contribution in [0, 0.1) is 6.92 Å². The number of nitrogens with one attached hydrogen (secondary N) is 2. The molecule has 1 aliphatic carbocycles. The first-order chi connectivity index (χ1) is 13.4. The summed E-state index contributed by atoms with van der Waals surface area (Å²) in [6, 6.07) is 7.73. The van der Waals surface area contributed by atoms with Crippen molar-refractivity contribution in [1.82, 2.24) is 9.55 Å². The molecule has 1 aliphatic rings. The highest BCUT2D eigenvalue weighted by atomic mass is 32.2. The van der Waals surface area contributed by atoms with Gasteiger partial charge in [-0.3, -0.25) is 9.36 Å². The summed E-state index contributed by atoms with van der Waals surface area (Å²) in [6.07, 6.45) is 4.05. The predicted octanol–water partition coefficient (Wildman–Crippen LogP) is 1.31. The van der Waals surface area contributed by atoms with Gasteiger partial charge in [-0.15, -0.1) is 0 Å². The largest absolute Gasteiger partial charge is 0.349 e. The molecule has 0 fully saturated rings. The topological polar surface area (TPSA) is 68.4 Å². The van der Waals surface area contributed by atoms with E-state index in [1.165, 1.54) is 16.7 Å². The Kier molecular flexibility index (Phi) is 6.91. The molecule has 3 rings (SSSR count). The van der Waals surface area contributed by atoms with Gasteiger partial charge in [-0.2, -0.15) is 4.98 Å². The lowest BCUT2D eigenvalue weighted by molar-refractivity contribution is -0.859. The molecule has 28 heavy (non-hydrogen) atoms. The number of hydrogen-bond donors (Lipinski definition) is 2. The molecule has 0 saturated heterocycles. The Bertz CT molecular complexity index is 891. The van der Waals surface area contributed by atoms with E-state index in [-0.39, 0.29) is 17.3 Å². The zero-order valence-corrected chi connectivity index (χ0v) is 17.7. The molecule has 0 atom stereocenters. The summed E-state index contributed by atoms with van der Waals surface area (Å²) < 4.78 is 1.85. The third-order valence-electron chi connectivity index (χ3n) is 4.96. The van der Waals surface area contributed by atoms with Crippen molar-refractivity contribution in [2.24, 2.45) is 0 Å². The molecular weight excluding hydrogens is 372 g/mol. The van der Waals surface area contributed by atoms with E-state index in [0.717, 1.165) is 59.8 Å². The van der Waals surface area contributed by atoms with Gasteiger partial charge in [0.2, 0.25) is 5.91 Å². The van der Waals surface area contributed by atoms with Crippen LogP contribution in [0.3, 0.4) is 0 Å². The van der Waals surface area contributed by atoms with Crippen molar-refractivity contribution in [3.8, 4) is 0 Å². The molecule has 0 aliphatic heterocycles. The van der Waals surface area contributed by atoms with Crippen LogP contribution in [0.4, 0.5) is 5.69 Å². The maximum Gasteiger partial charge on any atom is 0.349 e. The van der Waals surface area contributed by atoms with Crippen molar-refractivity contribution < 1.29 is 9.69 Å². The first-order valence-electron chi connectivity index (χ1n) is 9.85. The van der Waals surface area contributed by atoms with E-state index in [0.29, 0.717) is 6.54 Å². The van der Waals surface area contributed by atoms with E-state index < -0.39 is 0 Å². The molecular formula is C21H29N4O2S+. The fourth-order valence-corrected chi connectivity index (χ4v) is 4.28. The average molecular weight is 402 g/mol. The minimum Gasteiger partial charge on any atom is -0.338 e. The minimum atomic E-state index is -0.191. The fourth-order valence-electron chi connectivity index (χ4n) is 3.40. The van der Waals surface area contributed by atoms with Gasteiger partial charge in [-0.25, -0.2) is 4.79 Å². The van der Waals surface area contributed by atoms with Gasteiger partial charge in [-0.1, -0.05) is 29.5 Å². The Morgan fingerprint density at radius 3 is 2.64 bits per heavy atom.